The van der Waals surface area contributed by atoms with Crippen LogP contribution in [0, 0.1) is 0 Å². The van der Waals surface area contributed by atoms with Gasteiger partial charge in [-0.15, -0.1) is 0 Å². The summed E-state index contributed by atoms with van der Waals surface area (Å²) in [4.78, 5) is 11.2. The zero-order chi connectivity index (χ0) is 10.6. The maximum absolute atomic E-state index is 11.2. The number of rotatable bonds is 4. The highest BCUT2D eigenvalue weighted by molar-refractivity contribution is 6.99. The van der Waals surface area contributed by atoms with E-state index in [1.54, 1.807) is 13.8 Å². The molecular formula is C7H10ClN3O2S. The molecule has 7 heteroatoms. The third kappa shape index (κ3) is 2.81. The fourth-order valence-corrected chi connectivity index (χ4v) is 1.45. The van der Waals surface area contributed by atoms with Crippen LogP contribution in [0.1, 0.15) is 13.8 Å². The lowest BCUT2D eigenvalue weighted by Crippen LogP contribution is -2.28. The van der Waals surface area contributed by atoms with Crippen molar-refractivity contribution in [1.29, 1.82) is 0 Å². The summed E-state index contributed by atoms with van der Waals surface area (Å²) in [6.07, 6.45) is 0. The van der Waals surface area contributed by atoms with Crippen molar-refractivity contribution in [3.63, 3.8) is 0 Å². The normalized spacial score (nSPS) is 12.2. The summed E-state index contributed by atoms with van der Waals surface area (Å²) < 4.78 is 12.4. The Morgan fingerprint density at radius 1 is 1.71 bits per heavy atom. The second kappa shape index (κ2) is 5.11. The molecule has 0 bridgehead atoms. The molecule has 78 valence electrons. The van der Waals surface area contributed by atoms with E-state index in [1.807, 2.05) is 0 Å². The number of carbonyl (C=O) groups excluding carboxylic acids is 1. The summed E-state index contributed by atoms with van der Waals surface area (Å²) in [6.45, 7) is 3.78. The lowest BCUT2D eigenvalue weighted by molar-refractivity contribution is -0.143. The zero-order valence-electron chi connectivity index (χ0n) is 7.78. The molecule has 14 heavy (non-hydrogen) atoms. The van der Waals surface area contributed by atoms with Gasteiger partial charge in [-0.2, -0.15) is 8.75 Å². The fourth-order valence-electron chi connectivity index (χ4n) is 0.795. The molecule has 1 N–H and O–H groups in total. The predicted molar refractivity (Wildman–Crippen MR) is 54.6 cm³/mol. The zero-order valence-corrected chi connectivity index (χ0v) is 9.35. The highest BCUT2D eigenvalue weighted by Crippen LogP contribution is 2.18. The van der Waals surface area contributed by atoms with Crippen molar-refractivity contribution in [3.8, 4) is 0 Å². The van der Waals surface area contributed by atoms with Gasteiger partial charge in [0.15, 0.2) is 11.0 Å². The van der Waals surface area contributed by atoms with Gasteiger partial charge in [-0.3, -0.25) is 0 Å². The molecule has 0 amide bonds. The molecule has 0 aliphatic carbocycles. The van der Waals surface area contributed by atoms with E-state index < -0.39 is 6.04 Å². The molecule has 1 atom stereocenters. The van der Waals surface area contributed by atoms with Crippen LogP contribution in [-0.2, 0) is 9.53 Å². The van der Waals surface area contributed by atoms with Crippen molar-refractivity contribution in [2.75, 3.05) is 11.9 Å². The van der Waals surface area contributed by atoms with Gasteiger partial charge < -0.3 is 10.1 Å². The number of nitrogens with one attached hydrogen (secondary N) is 1. The molecule has 0 saturated heterocycles. The number of ether oxygens (including phenoxy) is 1. The largest absolute Gasteiger partial charge is 0.464 e. The van der Waals surface area contributed by atoms with Gasteiger partial charge in [-0.1, -0.05) is 11.6 Å². The summed E-state index contributed by atoms with van der Waals surface area (Å²) in [5.41, 5.74) is 0. The number of hydrogen-bond donors (Lipinski definition) is 1. The second-order valence-corrected chi connectivity index (χ2v) is 3.41. The van der Waals surface area contributed by atoms with Crippen molar-refractivity contribution >= 4 is 35.1 Å². The molecule has 0 aromatic carbocycles. The maximum Gasteiger partial charge on any atom is 0.328 e. The third-order valence-electron chi connectivity index (χ3n) is 1.44. The van der Waals surface area contributed by atoms with Crippen molar-refractivity contribution in [1.82, 2.24) is 8.75 Å². The molecule has 1 unspecified atom stereocenters. The quantitative estimate of drug-likeness (QED) is 0.803. The fraction of sp³-hybridized carbons (Fsp3) is 0.571. The molecule has 5 nitrogen and oxygen atoms in total. The maximum atomic E-state index is 11.2. The van der Waals surface area contributed by atoms with E-state index in [2.05, 4.69) is 14.1 Å². The van der Waals surface area contributed by atoms with E-state index in [-0.39, 0.29) is 11.1 Å². The standard InChI is InChI=1S/C7H10ClN3O2S/c1-3-13-7(12)4(2)9-6-5(8)10-14-11-6/h4H,3H2,1-2H3,(H,9,11). The van der Waals surface area contributed by atoms with Gasteiger partial charge in [-0.25, -0.2) is 4.79 Å². The Kier molecular flexibility index (Phi) is 4.09. The molecule has 0 spiro atoms. The van der Waals surface area contributed by atoms with Crippen molar-refractivity contribution in [2.45, 2.75) is 19.9 Å². The number of aromatic nitrogens is 2. The summed E-state index contributed by atoms with van der Waals surface area (Å²) in [5.74, 6) is 0.0776. The van der Waals surface area contributed by atoms with Crippen LogP contribution in [0.2, 0.25) is 5.15 Å². The monoisotopic (exact) mass is 235 g/mol. The van der Waals surface area contributed by atoms with Gasteiger partial charge in [0.2, 0.25) is 0 Å². The van der Waals surface area contributed by atoms with Crippen molar-refractivity contribution < 1.29 is 9.53 Å². The van der Waals surface area contributed by atoms with Crippen LogP contribution in [0.5, 0.6) is 0 Å². The molecule has 0 aliphatic heterocycles. The minimum absolute atomic E-state index is 0.270. The summed E-state index contributed by atoms with van der Waals surface area (Å²) in [6, 6.07) is -0.476. The molecule has 1 aromatic heterocycles. The Labute approximate surface area is 90.7 Å². The molecule has 1 heterocycles. The van der Waals surface area contributed by atoms with E-state index in [9.17, 15) is 4.79 Å². The van der Waals surface area contributed by atoms with Crippen molar-refractivity contribution in [2.24, 2.45) is 0 Å². The Hall–Kier alpha value is -0.880. The average molecular weight is 236 g/mol. The number of halogens is 1. The molecule has 0 saturated carbocycles. The van der Waals surface area contributed by atoms with Crippen LogP contribution < -0.4 is 5.32 Å². The van der Waals surface area contributed by atoms with Crippen LogP contribution >= 0.6 is 23.3 Å². The molecular weight excluding hydrogens is 226 g/mol. The molecule has 1 rings (SSSR count). The smallest absolute Gasteiger partial charge is 0.328 e. The van der Waals surface area contributed by atoms with Gasteiger partial charge in [-0.05, 0) is 13.8 Å². The molecule has 0 fully saturated rings. The number of nitrogens with zero attached hydrogens (tertiary/aromatic N) is 2. The van der Waals surface area contributed by atoms with Gasteiger partial charge in [0, 0.05) is 0 Å². The van der Waals surface area contributed by atoms with E-state index in [4.69, 9.17) is 16.3 Å². The van der Waals surface area contributed by atoms with E-state index in [1.165, 1.54) is 0 Å². The number of esters is 1. The number of anilines is 1. The first-order valence-corrected chi connectivity index (χ1v) is 5.17. The van der Waals surface area contributed by atoms with Gasteiger partial charge in [0.1, 0.15) is 6.04 Å². The highest BCUT2D eigenvalue weighted by Gasteiger charge is 2.16. The average Bonchev–Trinajstić information content (AvgIpc) is 2.52. The van der Waals surface area contributed by atoms with Crippen molar-refractivity contribution in [3.05, 3.63) is 5.15 Å². The Morgan fingerprint density at radius 2 is 2.43 bits per heavy atom. The Morgan fingerprint density at radius 3 is 2.93 bits per heavy atom. The van der Waals surface area contributed by atoms with Gasteiger partial charge in [0.05, 0.1) is 18.3 Å². The molecule has 1 aromatic rings. The molecule has 0 radical (unpaired) electrons. The number of hydrogen-bond acceptors (Lipinski definition) is 6. The Bertz CT molecular complexity index is 318. The topological polar surface area (TPSA) is 64.1 Å². The van der Waals surface area contributed by atoms with Crippen LogP contribution in [0.4, 0.5) is 5.82 Å². The summed E-state index contributed by atoms with van der Waals surface area (Å²) in [5, 5.41) is 3.07. The summed E-state index contributed by atoms with van der Waals surface area (Å²) >= 11 is 6.67. The first kappa shape index (κ1) is 11.2. The molecule has 0 aliphatic rings. The van der Waals surface area contributed by atoms with Crippen LogP contribution in [0.25, 0.3) is 0 Å². The predicted octanol–water partition coefficient (Wildman–Crippen LogP) is 1.55. The van der Waals surface area contributed by atoms with E-state index in [0.717, 1.165) is 11.7 Å². The minimum Gasteiger partial charge on any atom is -0.464 e. The third-order valence-corrected chi connectivity index (χ3v) is 2.33. The highest BCUT2D eigenvalue weighted by atomic mass is 35.5. The first-order valence-electron chi connectivity index (χ1n) is 4.06. The van der Waals surface area contributed by atoms with Crippen LogP contribution in [0.15, 0.2) is 0 Å². The lowest BCUT2D eigenvalue weighted by atomic mass is 10.3. The SMILES string of the molecule is CCOC(=O)C(C)Nc1nsnc1Cl. The van der Waals surface area contributed by atoms with Crippen LogP contribution in [-0.4, -0.2) is 27.4 Å². The second-order valence-electron chi connectivity index (χ2n) is 2.52. The van der Waals surface area contributed by atoms with E-state index >= 15 is 0 Å². The van der Waals surface area contributed by atoms with E-state index in [0.29, 0.717) is 12.4 Å². The summed E-state index contributed by atoms with van der Waals surface area (Å²) in [7, 11) is 0. The van der Waals surface area contributed by atoms with Gasteiger partial charge in [0.25, 0.3) is 0 Å². The lowest BCUT2D eigenvalue weighted by Gasteiger charge is -2.11. The first-order chi connectivity index (χ1) is 6.65. The Balaban J connectivity index is 2.52. The van der Waals surface area contributed by atoms with Gasteiger partial charge >= 0.3 is 5.97 Å². The minimum atomic E-state index is -0.476. The number of carbonyl (C=O) groups is 1. The van der Waals surface area contributed by atoms with Crippen LogP contribution in [0.3, 0.4) is 0 Å².